The molecule has 1 aliphatic rings. The minimum atomic E-state index is -3.40. The number of ether oxygens (including phenoxy) is 1. The standard InChI is InChI=1S/C20H23NO5S2/c1-14(22)21-19-18(16-10-5-6-11-17(16)27-19)20(23)26-12-7-13-28(24,25)15-8-3-2-4-9-15/h2-4,8-9H,5-7,10-13H2,1H3,(H,21,22). The van der Waals surface area contributed by atoms with Crippen molar-refractivity contribution in [2.75, 3.05) is 17.7 Å². The number of amides is 1. The second-order valence-electron chi connectivity index (χ2n) is 6.72. The van der Waals surface area contributed by atoms with Crippen LogP contribution in [0.25, 0.3) is 0 Å². The van der Waals surface area contributed by atoms with Crippen molar-refractivity contribution in [2.45, 2.75) is 43.9 Å². The maximum atomic E-state index is 12.7. The number of benzene rings is 1. The average Bonchev–Trinajstić information content (AvgIpc) is 3.03. The van der Waals surface area contributed by atoms with Crippen LogP contribution in [0.15, 0.2) is 35.2 Å². The molecule has 3 rings (SSSR count). The van der Waals surface area contributed by atoms with Gasteiger partial charge >= 0.3 is 5.97 Å². The number of esters is 1. The van der Waals surface area contributed by atoms with Gasteiger partial charge in [-0.1, -0.05) is 18.2 Å². The fraction of sp³-hybridized carbons (Fsp3) is 0.400. The third kappa shape index (κ3) is 4.80. The molecule has 1 aromatic heterocycles. The lowest BCUT2D eigenvalue weighted by molar-refractivity contribution is -0.114. The number of sulfone groups is 1. The van der Waals surface area contributed by atoms with Gasteiger partial charge in [0.25, 0.3) is 0 Å². The Kier molecular flexibility index (Phi) is 6.51. The predicted octanol–water partition coefficient (Wildman–Crippen LogP) is 3.61. The summed E-state index contributed by atoms with van der Waals surface area (Å²) in [6, 6.07) is 8.22. The van der Waals surface area contributed by atoms with E-state index in [0.717, 1.165) is 36.1 Å². The molecule has 1 heterocycles. The number of nitrogens with one attached hydrogen (secondary N) is 1. The third-order valence-corrected chi connectivity index (χ3v) is 7.58. The number of fused-ring (bicyclic) bond motifs is 1. The van der Waals surface area contributed by atoms with Gasteiger partial charge in [-0.05, 0) is 49.8 Å². The Morgan fingerprint density at radius 3 is 2.57 bits per heavy atom. The normalized spacial score (nSPS) is 13.6. The molecule has 0 atom stereocenters. The van der Waals surface area contributed by atoms with Crippen LogP contribution in [0, 0.1) is 0 Å². The molecule has 0 fully saturated rings. The van der Waals surface area contributed by atoms with Crippen molar-refractivity contribution in [3.8, 4) is 0 Å². The summed E-state index contributed by atoms with van der Waals surface area (Å²) in [5, 5.41) is 3.26. The summed E-state index contributed by atoms with van der Waals surface area (Å²) in [5.41, 5.74) is 1.39. The van der Waals surface area contributed by atoms with Crippen molar-refractivity contribution in [3.63, 3.8) is 0 Å². The van der Waals surface area contributed by atoms with E-state index < -0.39 is 15.8 Å². The van der Waals surface area contributed by atoms with Gasteiger partial charge in [-0.15, -0.1) is 11.3 Å². The SMILES string of the molecule is CC(=O)Nc1sc2c(c1C(=O)OCCCS(=O)(=O)c1ccccc1)CCCC2. The summed E-state index contributed by atoms with van der Waals surface area (Å²) in [4.78, 5) is 25.5. The molecular formula is C20H23NO5S2. The molecule has 0 bridgehead atoms. The van der Waals surface area contributed by atoms with Crippen LogP contribution in [-0.2, 0) is 32.2 Å². The fourth-order valence-electron chi connectivity index (χ4n) is 3.26. The van der Waals surface area contributed by atoms with E-state index in [1.54, 1.807) is 30.3 Å². The van der Waals surface area contributed by atoms with Crippen LogP contribution in [0.5, 0.6) is 0 Å². The molecule has 0 aliphatic heterocycles. The van der Waals surface area contributed by atoms with Crippen LogP contribution in [0.4, 0.5) is 5.00 Å². The van der Waals surface area contributed by atoms with E-state index in [4.69, 9.17) is 4.74 Å². The zero-order valence-corrected chi connectivity index (χ0v) is 17.3. The van der Waals surface area contributed by atoms with E-state index in [-0.39, 0.29) is 29.6 Å². The lowest BCUT2D eigenvalue weighted by Gasteiger charge is -2.13. The van der Waals surface area contributed by atoms with E-state index >= 15 is 0 Å². The van der Waals surface area contributed by atoms with Crippen LogP contribution in [0.3, 0.4) is 0 Å². The van der Waals surface area contributed by atoms with Crippen LogP contribution >= 0.6 is 11.3 Å². The molecule has 28 heavy (non-hydrogen) atoms. The minimum Gasteiger partial charge on any atom is -0.462 e. The van der Waals surface area contributed by atoms with Crippen LogP contribution in [0.2, 0.25) is 0 Å². The summed E-state index contributed by atoms with van der Waals surface area (Å²) in [6.07, 6.45) is 3.97. The Balaban J connectivity index is 1.64. The van der Waals surface area contributed by atoms with E-state index in [9.17, 15) is 18.0 Å². The van der Waals surface area contributed by atoms with Gasteiger partial charge in [0.1, 0.15) is 5.00 Å². The second kappa shape index (κ2) is 8.87. The highest BCUT2D eigenvalue weighted by Gasteiger charge is 2.27. The van der Waals surface area contributed by atoms with Gasteiger partial charge in [0.15, 0.2) is 9.84 Å². The first-order valence-electron chi connectivity index (χ1n) is 9.25. The van der Waals surface area contributed by atoms with Crippen molar-refractivity contribution >= 4 is 38.1 Å². The molecule has 150 valence electrons. The Labute approximate surface area is 168 Å². The van der Waals surface area contributed by atoms with E-state index in [0.29, 0.717) is 10.6 Å². The number of rotatable bonds is 7. The zero-order chi connectivity index (χ0) is 20.1. The quantitative estimate of drug-likeness (QED) is 0.545. The van der Waals surface area contributed by atoms with E-state index in [1.165, 1.54) is 18.3 Å². The van der Waals surface area contributed by atoms with Gasteiger partial charge < -0.3 is 10.1 Å². The molecule has 1 aliphatic carbocycles. The van der Waals surface area contributed by atoms with Crippen molar-refractivity contribution in [2.24, 2.45) is 0 Å². The van der Waals surface area contributed by atoms with Crippen LogP contribution in [0.1, 0.15) is 47.0 Å². The number of carbonyl (C=O) groups excluding carboxylic acids is 2. The largest absolute Gasteiger partial charge is 0.462 e. The maximum absolute atomic E-state index is 12.7. The number of carbonyl (C=O) groups is 2. The first-order valence-corrected chi connectivity index (χ1v) is 11.7. The molecule has 0 saturated heterocycles. The summed E-state index contributed by atoms with van der Waals surface area (Å²) >= 11 is 1.43. The molecule has 0 radical (unpaired) electrons. The monoisotopic (exact) mass is 421 g/mol. The van der Waals surface area contributed by atoms with Gasteiger partial charge in [0.05, 0.1) is 22.8 Å². The Morgan fingerprint density at radius 2 is 1.86 bits per heavy atom. The minimum absolute atomic E-state index is 0.00896. The van der Waals surface area contributed by atoms with Gasteiger partial charge in [0, 0.05) is 11.8 Å². The predicted molar refractivity (Wildman–Crippen MR) is 109 cm³/mol. The molecule has 0 unspecified atom stereocenters. The van der Waals surface area contributed by atoms with Gasteiger partial charge in [0.2, 0.25) is 5.91 Å². The smallest absolute Gasteiger partial charge is 0.341 e. The summed E-state index contributed by atoms with van der Waals surface area (Å²) in [5.74, 6) is -0.827. The van der Waals surface area contributed by atoms with Crippen LogP contribution < -0.4 is 5.32 Å². The van der Waals surface area contributed by atoms with Gasteiger partial charge in [-0.2, -0.15) is 0 Å². The number of hydrogen-bond acceptors (Lipinski definition) is 6. The summed E-state index contributed by atoms with van der Waals surface area (Å²) < 4.78 is 29.9. The highest BCUT2D eigenvalue weighted by atomic mass is 32.2. The molecular weight excluding hydrogens is 398 g/mol. The lowest BCUT2D eigenvalue weighted by Crippen LogP contribution is -2.15. The Bertz CT molecular complexity index is 964. The number of thiophene rings is 1. The van der Waals surface area contributed by atoms with Gasteiger partial charge in [-0.25, -0.2) is 13.2 Å². The van der Waals surface area contributed by atoms with Crippen LogP contribution in [-0.4, -0.2) is 32.7 Å². The molecule has 1 N–H and O–H groups in total. The molecule has 1 amide bonds. The molecule has 8 heteroatoms. The first-order chi connectivity index (χ1) is 13.4. The molecule has 2 aromatic rings. The average molecular weight is 422 g/mol. The van der Waals surface area contributed by atoms with Crippen molar-refractivity contribution in [3.05, 3.63) is 46.3 Å². The maximum Gasteiger partial charge on any atom is 0.341 e. The topological polar surface area (TPSA) is 89.5 Å². The van der Waals surface area contributed by atoms with Crippen molar-refractivity contribution in [1.82, 2.24) is 0 Å². The third-order valence-electron chi connectivity index (χ3n) is 4.56. The van der Waals surface area contributed by atoms with Crippen molar-refractivity contribution in [1.29, 1.82) is 0 Å². The molecule has 0 saturated carbocycles. The second-order valence-corrected chi connectivity index (χ2v) is 9.93. The highest BCUT2D eigenvalue weighted by molar-refractivity contribution is 7.91. The Hall–Kier alpha value is -2.19. The summed E-state index contributed by atoms with van der Waals surface area (Å²) in [7, 11) is -3.40. The van der Waals surface area contributed by atoms with Crippen molar-refractivity contribution < 1.29 is 22.7 Å². The van der Waals surface area contributed by atoms with E-state index in [1.807, 2.05) is 0 Å². The molecule has 0 spiro atoms. The van der Waals surface area contributed by atoms with E-state index in [2.05, 4.69) is 5.32 Å². The summed E-state index contributed by atoms with van der Waals surface area (Å²) in [6.45, 7) is 1.41. The molecule has 1 aromatic carbocycles. The lowest BCUT2D eigenvalue weighted by atomic mass is 9.95. The fourth-order valence-corrected chi connectivity index (χ4v) is 5.89. The Morgan fingerprint density at radius 1 is 1.14 bits per heavy atom. The van der Waals surface area contributed by atoms with Gasteiger partial charge in [-0.3, -0.25) is 4.79 Å². The number of aryl methyl sites for hydroxylation is 1. The zero-order valence-electron chi connectivity index (χ0n) is 15.7. The highest BCUT2D eigenvalue weighted by Crippen LogP contribution is 2.38. The molecule has 6 nitrogen and oxygen atoms in total. The number of hydrogen-bond donors (Lipinski definition) is 1. The number of anilines is 1. The first kappa shape index (κ1) is 20.5.